The van der Waals surface area contributed by atoms with Gasteiger partial charge in [0, 0.05) is 17.9 Å². The first-order chi connectivity index (χ1) is 9.74. The summed E-state index contributed by atoms with van der Waals surface area (Å²) in [6.07, 6.45) is 8.39. The highest BCUT2D eigenvalue weighted by atomic mass is 16.5. The zero-order valence-electron chi connectivity index (χ0n) is 12.8. The monoisotopic (exact) mass is 273 g/mol. The van der Waals surface area contributed by atoms with Crippen molar-refractivity contribution in [1.29, 1.82) is 0 Å². The van der Waals surface area contributed by atoms with Crippen LogP contribution in [0.2, 0.25) is 0 Å². The average Bonchev–Trinajstić information content (AvgIpc) is 2.49. The van der Waals surface area contributed by atoms with Crippen LogP contribution in [-0.4, -0.2) is 18.7 Å². The van der Waals surface area contributed by atoms with Crippen LogP contribution in [0.3, 0.4) is 0 Å². The number of aryl methyl sites for hydroxylation is 1. The van der Waals surface area contributed by atoms with Crippen molar-refractivity contribution in [2.45, 2.75) is 64.5 Å². The predicted molar refractivity (Wildman–Crippen MR) is 83.2 cm³/mol. The van der Waals surface area contributed by atoms with Gasteiger partial charge in [-0.05, 0) is 38.4 Å². The Labute approximate surface area is 122 Å². The van der Waals surface area contributed by atoms with E-state index in [1.165, 1.54) is 44.1 Å². The summed E-state index contributed by atoms with van der Waals surface area (Å²) < 4.78 is 6.34. The maximum atomic E-state index is 6.34. The first-order valence-electron chi connectivity index (χ1n) is 8.21. The van der Waals surface area contributed by atoms with Gasteiger partial charge in [-0.3, -0.25) is 0 Å². The Balaban J connectivity index is 1.71. The molecular weight excluding hydrogens is 246 g/mol. The van der Waals surface area contributed by atoms with Gasteiger partial charge in [0.25, 0.3) is 0 Å². The zero-order valence-corrected chi connectivity index (χ0v) is 12.8. The van der Waals surface area contributed by atoms with Crippen molar-refractivity contribution in [1.82, 2.24) is 5.32 Å². The third-order valence-electron chi connectivity index (χ3n) is 5.32. The molecule has 2 atom stereocenters. The molecule has 1 N–H and O–H groups in total. The molecule has 2 aliphatic rings. The molecule has 1 aromatic rings. The Hall–Kier alpha value is -1.02. The van der Waals surface area contributed by atoms with Gasteiger partial charge in [0.05, 0.1) is 0 Å². The van der Waals surface area contributed by atoms with Gasteiger partial charge in [-0.2, -0.15) is 0 Å². The fourth-order valence-corrected chi connectivity index (χ4v) is 4.11. The van der Waals surface area contributed by atoms with E-state index < -0.39 is 0 Å². The summed E-state index contributed by atoms with van der Waals surface area (Å²) in [7, 11) is 0. The van der Waals surface area contributed by atoms with E-state index in [1.54, 1.807) is 0 Å². The van der Waals surface area contributed by atoms with Gasteiger partial charge in [0.1, 0.15) is 11.9 Å². The smallest absolute Gasteiger partial charge is 0.119 e. The average molecular weight is 273 g/mol. The second-order valence-electron chi connectivity index (χ2n) is 6.56. The molecule has 110 valence electrons. The first kappa shape index (κ1) is 13.9. The van der Waals surface area contributed by atoms with Gasteiger partial charge in [0.15, 0.2) is 0 Å². The number of nitrogens with one attached hydrogen (secondary N) is 1. The van der Waals surface area contributed by atoms with Crippen LogP contribution < -0.4 is 10.1 Å². The molecule has 0 radical (unpaired) electrons. The summed E-state index contributed by atoms with van der Waals surface area (Å²) >= 11 is 0. The van der Waals surface area contributed by atoms with Gasteiger partial charge in [-0.15, -0.1) is 0 Å². The molecule has 0 aliphatic heterocycles. The van der Waals surface area contributed by atoms with Crippen LogP contribution in [0.25, 0.3) is 0 Å². The molecule has 0 saturated heterocycles. The quantitative estimate of drug-likeness (QED) is 0.892. The highest BCUT2D eigenvalue weighted by molar-refractivity contribution is 5.27. The SMILES string of the molecule is CCNC1CC(Oc2ccc(C)cc2)C12CCCCC2. The number of ether oxygens (including phenoxy) is 1. The molecule has 2 unspecified atom stereocenters. The van der Waals surface area contributed by atoms with E-state index in [1.807, 2.05) is 0 Å². The highest BCUT2D eigenvalue weighted by Crippen LogP contribution is 2.53. The molecule has 0 amide bonds. The molecular formula is C18H27NO. The van der Waals surface area contributed by atoms with Gasteiger partial charge in [-0.1, -0.05) is 43.9 Å². The molecule has 2 nitrogen and oxygen atoms in total. The minimum absolute atomic E-state index is 0.402. The second-order valence-corrected chi connectivity index (χ2v) is 6.56. The maximum Gasteiger partial charge on any atom is 0.119 e. The van der Waals surface area contributed by atoms with Crippen molar-refractivity contribution in [3.8, 4) is 5.75 Å². The topological polar surface area (TPSA) is 21.3 Å². The Kier molecular flexibility index (Phi) is 4.02. The Morgan fingerprint density at radius 3 is 2.50 bits per heavy atom. The van der Waals surface area contributed by atoms with Crippen LogP contribution in [0.5, 0.6) is 5.75 Å². The lowest BCUT2D eigenvalue weighted by molar-refractivity contribution is -0.102. The normalized spacial score (nSPS) is 28.1. The van der Waals surface area contributed by atoms with Crippen molar-refractivity contribution in [3.05, 3.63) is 29.8 Å². The van der Waals surface area contributed by atoms with E-state index in [2.05, 4.69) is 43.4 Å². The maximum absolute atomic E-state index is 6.34. The fraction of sp³-hybridized carbons (Fsp3) is 0.667. The molecule has 2 heteroatoms. The van der Waals surface area contributed by atoms with Crippen LogP contribution in [0, 0.1) is 12.3 Å². The third-order valence-corrected chi connectivity index (χ3v) is 5.32. The minimum Gasteiger partial charge on any atom is -0.490 e. The lowest BCUT2D eigenvalue weighted by Gasteiger charge is -2.57. The number of hydrogen-bond acceptors (Lipinski definition) is 2. The van der Waals surface area contributed by atoms with E-state index in [0.717, 1.165) is 12.3 Å². The number of hydrogen-bond donors (Lipinski definition) is 1. The Morgan fingerprint density at radius 2 is 1.85 bits per heavy atom. The zero-order chi connectivity index (χ0) is 14.0. The molecule has 1 aromatic carbocycles. The molecule has 2 aliphatic carbocycles. The van der Waals surface area contributed by atoms with Gasteiger partial charge in [-0.25, -0.2) is 0 Å². The van der Waals surface area contributed by atoms with E-state index in [9.17, 15) is 0 Å². The summed E-state index contributed by atoms with van der Waals surface area (Å²) in [5, 5.41) is 3.69. The van der Waals surface area contributed by atoms with Gasteiger partial charge >= 0.3 is 0 Å². The summed E-state index contributed by atoms with van der Waals surface area (Å²) in [4.78, 5) is 0. The Bertz CT molecular complexity index is 433. The number of rotatable bonds is 4. The van der Waals surface area contributed by atoms with Crippen LogP contribution >= 0.6 is 0 Å². The standard InChI is InChI=1S/C18H27NO/c1-3-19-16-13-17(18(16)11-5-4-6-12-18)20-15-9-7-14(2)8-10-15/h7-10,16-17,19H,3-6,11-13H2,1-2H3. The van der Waals surface area contributed by atoms with Crippen LogP contribution in [0.4, 0.5) is 0 Å². The van der Waals surface area contributed by atoms with Crippen molar-refractivity contribution < 1.29 is 4.74 Å². The van der Waals surface area contributed by atoms with E-state index >= 15 is 0 Å². The summed E-state index contributed by atoms with van der Waals surface area (Å²) in [5.74, 6) is 1.04. The summed E-state index contributed by atoms with van der Waals surface area (Å²) in [6.45, 7) is 5.41. The summed E-state index contributed by atoms with van der Waals surface area (Å²) in [5.41, 5.74) is 1.70. The molecule has 0 aromatic heterocycles. The lowest BCUT2D eigenvalue weighted by Crippen LogP contribution is -2.65. The van der Waals surface area contributed by atoms with Gasteiger partial charge < -0.3 is 10.1 Å². The van der Waals surface area contributed by atoms with Crippen molar-refractivity contribution >= 4 is 0 Å². The van der Waals surface area contributed by atoms with E-state index in [-0.39, 0.29) is 0 Å². The van der Waals surface area contributed by atoms with E-state index in [0.29, 0.717) is 17.6 Å². The van der Waals surface area contributed by atoms with Crippen molar-refractivity contribution in [2.24, 2.45) is 5.41 Å². The van der Waals surface area contributed by atoms with Crippen LogP contribution in [0.1, 0.15) is 51.0 Å². The molecule has 3 rings (SSSR count). The van der Waals surface area contributed by atoms with Crippen LogP contribution in [-0.2, 0) is 0 Å². The molecule has 1 spiro atoms. The largest absolute Gasteiger partial charge is 0.490 e. The molecule has 20 heavy (non-hydrogen) atoms. The third kappa shape index (κ3) is 2.46. The Morgan fingerprint density at radius 1 is 1.15 bits per heavy atom. The first-order valence-corrected chi connectivity index (χ1v) is 8.21. The minimum atomic E-state index is 0.402. The summed E-state index contributed by atoms with van der Waals surface area (Å²) in [6, 6.07) is 9.19. The van der Waals surface area contributed by atoms with Crippen LogP contribution in [0.15, 0.2) is 24.3 Å². The fourth-order valence-electron chi connectivity index (χ4n) is 4.11. The van der Waals surface area contributed by atoms with Crippen molar-refractivity contribution in [2.75, 3.05) is 6.54 Å². The predicted octanol–water partition coefficient (Wildman–Crippen LogP) is 4.07. The molecule has 2 saturated carbocycles. The van der Waals surface area contributed by atoms with Crippen molar-refractivity contribution in [3.63, 3.8) is 0 Å². The highest BCUT2D eigenvalue weighted by Gasteiger charge is 2.56. The van der Waals surface area contributed by atoms with Gasteiger partial charge in [0.2, 0.25) is 0 Å². The lowest BCUT2D eigenvalue weighted by atomic mass is 9.55. The number of benzene rings is 1. The molecule has 0 bridgehead atoms. The second kappa shape index (κ2) is 5.77. The molecule has 0 heterocycles. The van der Waals surface area contributed by atoms with E-state index in [4.69, 9.17) is 4.74 Å². The molecule has 2 fully saturated rings.